The number of ether oxygens (including phenoxy) is 1. The molecular weight excluding hydrogens is 562 g/mol. The minimum absolute atomic E-state index is 0.0725. The van der Waals surface area contributed by atoms with Gasteiger partial charge in [0.15, 0.2) is 9.84 Å². The number of carbonyl (C=O) groups is 1. The summed E-state index contributed by atoms with van der Waals surface area (Å²) in [5, 5.41) is 8.93. The summed E-state index contributed by atoms with van der Waals surface area (Å²) < 4.78 is 34.5. The van der Waals surface area contributed by atoms with Gasteiger partial charge in [-0.2, -0.15) is 0 Å². The second-order valence-electron chi connectivity index (χ2n) is 9.26. The predicted molar refractivity (Wildman–Crippen MR) is 150 cm³/mol. The maximum absolute atomic E-state index is 14.0. The first-order valence-corrected chi connectivity index (χ1v) is 15.9. The van der Waals surface area contributed by atoms with Gasteiger partial charge in [0, 0.05) is 28.2 Å². The highest BCUT2D eigenvalue weighted by molar-refractivity contribution is 9.10. The lowest BCUT2D eigenvalue weighted by atomic mass is 9.79. The van der Waals surface area contributed by atoms with Crippen LogP contribution in [0, 0.1) is 5.41 Å². The Bertz CT molecular complexity index is 1190. The lowest BCUT2D eigenvalue weighted by Crippen LogP contribution is -2.38. The maximum Gasteiger partial charge on any atom is 0.331 e. The summed E-state index contributed by atoms with van der Waals surface area (Å²) in [4.78, 5) is 14.0. The van der Waals surface area contributed by atoms with Crippen molar-refractivity contribution in [2.45, 2.75) is 62.2 Å². The molecule has 3 rings (SSSR count). The van der Waals surface area contributed by atoms with Crippen LogP contribution < -0.4 is 9.64 Å². The van der Waals surface area contributed by atoms with Crippen LogP contribution >= 0.6 is 27.7 Å². The van der Waals surface area contributed by atoms with Crippen molar-refractivity contribution >= 4 is 54.9 Å². The van der Waals surface area contributed by atoms with Crippen molar-refractivity contribution in [2.75, 3.05) is 23.5 Å². The van der Waals surface area contributed by atoms with Gasteiger partial charge in [-0.3, -0.25) is 0 Å². The number of benzene rings is 2. The van der Waals surface area contributed by atoms with Crippen LogP contribution in [0.25, 0.3) is 0 Å². The number of thioether (sulfide) groups is 1. The van der Waals surface area contributed by atoms with E-state index in [1.54, 1.807) is 6.07 Å². The topological polar surface area (TPSA) is 83.9 Å². The molecule has 2 aromatic carbocycles. The maximum atomic E-state index is 14.0. The van der Waals surface area contributed by atoms with Crippen LogP contribution in [0.2, 0.25) is 0 Å². The zero-order valence-electron chi connectivity index (χ0n) is 21.0. The zero-order chi connectivity index (χ0) is 26.3. The van der Waals surface area contributed by atoms with E-state index in [-0.39, 0.29) is 16.1 Å². The number of aliphatic carboxylic acids is 1. The normalized spacial score (nSPS) is 16.5. The zero-order valence-corrected chi connectivity index (χ0v) is 24.2. The van der Waals surface area contributed by atoms with E-state index in [0.29, 0.717) is 18.0 Å². The van der Waals surface area contributed by atoms with E-state index in [1.165, 1.54) is 11.8 Å². The molecule has 0 radical (unpaired) electrons. The van der Waals surface area contributed by atoms with Crippen LogP contribution in [-0.2, 0) is 14.6 Å². The third-order valence-electron chi connectivity index (χ3n) is 6.53. The van der Waals surface area contributed by atoms with Gasteiger partial charge in [-0.05, 0) is 49.4 Å². The van der Waals surface area contributed by atoms with E-state index in [4.69, 9.17) is 9.84 Å². The number of hydrogen-bond donors (Lipinski definition) is 1. The second kappa shape index (κ2) is 12.5. The van der Waals surface area contributed by atoms with E-state index in [9.17, 15) is 13.2 Å². The Kier molecular flexibility index (Phi) is 9.94. The molecule has 1 aliphatic heterocycles. The monoisotopic (exact) mass is 595 g/mol. The number of halogens is 1. The van der Waals surface area contributed by atoms with Crippen LogP contribution in [0.1, 0.15) is 52.4 Å². The first kappa shape index (κ1) is 28.6. The SMILES string of the molecule is CCCCC1(CCCC)CN(c2ccc(Br)cc2)c2cc(SC)c(O/C=C\C(=O)O)cc2S(=O)(=O)C1. The van der Waals surface area contributed by atoms with Gasteiger partial charge in [-0.1, -0.05) is 55.5 Å². The summed E-state index contributed by atoms with van der Waals surface area (Å²) in [6.45, 7) is 4.88. The van der Waals surface area contributed by atoms with Crippen LogP contribution in [0.4, 0.5) is 11.4 Å². The molecule has 6 nitrogen and oxygen atoms in total. The fourth-order valence-electron chi connectivity index (χ4n) is 4.74. The molecule has 0 aromatic heterocycles. The van der Waals surface area contributed by atoms with Gasteiger partial charge in [-0.15, -0.1) is 11.8 Å². The van der Waals surface area contributed by atoms with E-state index >= 15 is 0 Å². The molecule has 0 saturated carbocycles. The van der Waals surface area contributed by atoms with Gasteiger partial charge >= 0.3 is 5.97 Å². The summed E-state index contributed by atoms with van der Waals surface area (Å²) in [5.41, 5.74) is 1.17. The van der Waals surface area contributed by atoms with E-state index < -0.39 is 15.8 Å². The number of carboxylic acids is 1. The van der Waals surface area contributed by atoms with Crippen molar-refractivity contribution in [3.8, 4) is 5.75 Å². The fraction of sp³-hybridized carbons (Fsp3) is 0.444. The molecule has 0 spiro atoms. The van der Waals surface area contributed by atoms with Crippen LogP contribution in [0.3, 0.4) is 0 Å². The Labute approximate surface area is 227 Å². The number of anilines is 2. The molecule has 9 heteroatoms. The quantitative estimate of drug-likeness (QED) is 0.164. The molecule has 0 aliphatic carbocycles. The molecule has 1 heterocycles. The number of sulfone groups is 1. The number of fused-ring (bicyclic) bond motifs is 1. The molecule has 1 N–H and O–H groups in total. The number of nitrogens with zero attached hydrogens (tertiary/aromatic N) is 1. The molecule has 1 aliphatic rings. The molecule has 196 valence electrons. The lowest BCUT2D eigenvalue weighted by molar-refractivity contribution is -0.131. The summed E-state index contributed by atoms with van der Waals surface area (Å²) >= 11 is 4.94. The van der Waals surface area contributed by atoms with E-state index in [2.05, 4.69) is 34.7 Å². The Morgan fingerprint density at radius 3 is 2.36 bits per heavy atom. The molecule has 0 amide bonds. The third-order valence-corrected chi connectivity index (χ3v) is 9.80. The van der Waals surface area contributed by atoms with Crippen molar-refractivity contribution < 1.29 is 23.1 Å². The lowest BCUT2D eigenvalue weighted by Gasteiger charge is -2.37. The molecule has 0 fully saturated rings. The Morgan fingerprint density at radius 1 is 1.17 bits per heavy atom. The Balaban J connectivity index is 2.24. The first-order chi connectivity index (χ1) is 17.1. The van der Waals surface area contributed by atoms with Crippen LogP contribution in [-0.4, -0.2) is 38.0 Å². The minimum atomic E-state index is -3.67. The van der Waals surface area contributed by atoms with Crippen molar-refractivity contribution in [3.05, 3.63) is 53.2 Å². The average Bonchev–Trinajstić information content (AvgIpc) is 2.93. The standard InChI is InChI=1S/C27H34BrNO5S2/c1-4-6-13-27(14-7-5-2)18-29(21-10-8-20(28)9-11-21)22-16-24(35-3)23(34-15-12-26(30)31)17-25(22)36(32,33)19-27/h8-12,15-17H,4-7,13-14,18-19H2,1-3H3,(H,30,31)/b15-12-. The minimum Gasteiger partial charge on any atom is -0.478 e. The summed E-state index contributed by atoms with van der Waals surface area (Å²) in [7, 11) is -3.67. The highest BCUT2D eigenvalue weighted by Crippen LogP contribution is 2.47. The van der Waals surface area contributed by atoms with E-state index in [1.807, 2.05) is 36.6 Å². The highest BCUT2D eigenvalue weighted by Gasteiger charge is 2.42. The number of unbranched alkanes of at least 4 members (excludes halogenated alkanes) is 2. The van der Waals surface area contributed by atoms with Crippen LogP contribution in [0.5, 0.6) is 5.75 Å². The molecule has 0 unspecified atom stereocenters. The van der Waals surface area contributed by atoms with Crippen molar-refractivity contribution in [1.82, 2.24) is 0 Å². The van der Waals surface area contributed by atoms with E-state index in [0.717, 1.165) is 65.9 Å². The van der Waals surface area contributed by atoms with Crippen LogP contribution in [0.15, 0.2) is 63.0 Å². The van der Waals surface area contributed by atoms with Gasteiger partial charge in [0.05, 0.1) is 33.6 Å². The summed E-state index contributed by atoms with van der Waals surface area (Å²) in [5.74, 6) is -0.739. The number of rotatable bonds is 11. The smallest absolute Gasteiger partial charge is 0.331 e. The molecule has 0 atom stereocenters. The second-order valence-corrected chi connectivity index (χ2v) is 13.0. The van der Waals surface area contributed by atoms with Gasteiger partial charge in [0.25, 0.3) is 0 Å². The molecule has 0 bridgehead atoms. The molecular formula is C27H34BrNO5S2. The van der Waals surface area contributed by atoms with Gasteiger partial charge in [0.2, 0.25) is 0 Å². The predicted octanol–water partition coefficient (Wildman–Crippen LogP) is 7.44. The van der Waals surface area contributed by atoms with Gasteiger partial charge in [0.1, 0.15) is 5.75 Å². The van der Waals surface area contributed by atoms with Gasteiger partial charge in [-0.25, -0.2) is 13.2 Å². The first-order valence-electron chi connectivity index (χ1n) is 12.2. The Morgan fingerprint density at radius 2 is 1.81 bits per heavy atom. The summed E-state index contributed by atoms with van der Waals surface area (Å²) in [6.07, 6.45) is 9.46. The van der Waals surface area contributed by atoms with Gasteiger partial charge < -0.3 is 14.7 Å². The third kappa shape index (κ3) is 6.86. The average molecular weight is 597 g/mol. The van der Waals surface area contributed by atoms with Crippen molar-refractivity contribution in [3.63, 3.8) is 0 Å². The molecule has 0 saturated heterocycles. The summed E-state index contributed by atoms with van der Waals surface area (Å²) in [6, 6.07) is 11.4. The molecule has 2 aromatic rings. The number of hydrogen-bond acceptors (Lipinski definition) is 6. The highest BCUT2D eigenvalue weighted by atomic mass is 79.9. The Hall–Kier alpha value is -1.97. The fourth-order valence-corrected chi connectivity index (χ4v) is 7.66. The largest absolute Gasteiger partial charge is 0.478 e. The number of carboxylic acid groups (broad SMARTS) is 1. The van der Waals surface area contributed by atoms with Crippen molar-refractivity contribution in [2.24, 2.45) is 5.41 Å². The van der Waals surface area contributed by atoms with Crippen molar-refractivity contribution in [1.29, 1.82) is 0 Å². The molecule has 36 heavy (non-hydrogen) atoms.